The van der Waals surface area contributed by atoms with Gasteiger partial charge in [0.15, 0.2) is 0 Å². The van der Waals surface area contributed by atoms with E-state index in [-0.39, 0.29) is 11.7 Å². The predicted molar refractivity (Wildman–Crippen MR) is 76.7 cm³/mol. The van der Waals surface area contributed by atoms with Gasteiger partial charge < -0.3 is 9.84 Å². The molecule has 2 N–H and O–H groups in total. The van der Waals surface area contributed by atoms with E-state index in [0.29, 0.717) is 5.69 Å². The van der Waals surface area contributed by atoms with E-state index in [0.717, 1.165) is 12.0 Å². The van der Waals surface area contributed by atoms with Gasteiger partial charge in [-0.05, 0) is 56.9 Å². The fraction of sp³-hybridized carbons (Fsp3) is 0.533. The van der Waals surface area contributed by atoms with Crippen LogP contribution in [0.25, 0.3) is 0 Å². The summed E-state index contributed by atoms with van der Waals surface area (Å²) in [4.78, 5) is 11.7. The highest BCUT2D eigenvalue weighted by Gasteiger charge is 2.17. The lowest BCUT2D eigenvalue weighted by Crippen LogP contribution is -2.27. The van der Waals surface area contributed by atoms with E-state index in [1.165, 1.54) is 0 Å². The smallest absolute Gasteiger partial charge is 0.412 e. The molecular weight excluding hydrogens is 242 g/mol. The number of anilines is 1. The molecule has 0 aliphatic carbocycles. The SMILES string of the molecule is CCC(C)c1cc(NC(=O)OC(C)(C)C)ccc1O. The zero-order valence-corrected chi connectivity index (χ0v) is 12.3. The molecule has 4 heteroatoms. The average molecular weight is 265 g/mol. The maximum Gasteiger partial charge on any atom is 0.412 e. The maximum absolute atomic E-state index is 11.7. The van der Waals surface area contributed by atoms with Crippen LogP contribution in [0.2, 0.25) is 0 Å². The van der Waals surface area contributed by atoms with Crippen molar-refractivity contribution < 1.29 is 14.6 Å². The molecule has 1 atom stereocenters. The molecular formula is C15H23NO3. The van der Waals surface area contributed by atoms with Crippen LogP contribution >= 0.6 is 0 Å². The number of hydrogen-bond acceptors (Lipinski definition) is 3. The molecule has 0 spiro atoms. The van der Waals surface area contributed by atoms with Crippen LogP contribution in [0.1, 0.15) is 52.5 Å². The molecule has 0 saturated heterocycles. The summed E-state index contributed by atoms with van der Waals surface area (Å²) in [6.45, 7) is 9.53. The van der Waals surface area contributed by atoms with E-state index >= 15 is 0 Å². The Bertz CT molecular complexity index is 449. The normalized spacial score (nSPS) is 12.9. The van der Waals surface area contributed by atoms with Crippen molar-refractivity contribution in [1.82, 2.24) is 0 Å². The lowest BCUT2D eigenvalue weighted by molar-refractivity contribution is 0.0636. The van der Waals surface area contributed by atoms with E-state index in [1.54, 1.807) is 18.2 Å². The third kappa shape index (κ3) is 4.81. The number of rotatable bonds is 3. The summed E-state index contributed by atoms with van der Waals surface area (Å²) >= 11 is 0. The summed E-state index contributed by atoms with van der Waals surface area (Å²) in [6, 6.07) is 5.03. The van der Waals surface area contributed by atoms with Crippen LogP contribution in [-0.2, 0) is 4.74 Å². The van der Waals surface area contributed by atoms with Gasteiger partial charge in [0.05, 0.1) is 0 Å². The average Bonchev–Trinajstić information content (AvgIpc) is 2.28. The van der Waals surface area contributed by atoms with Crippen molar-refractivity contribution in [1.29, 1.82) is 0 Å². The number of nitrogens with one attached hydrogen (secondary N) is 1. The minimum absolute atomic E-state index is 0.236. The van der Waals surface area contributed by atoms with Crippen LogP contribution in [0.4, 0.5) is 10.5 Å². The second kappa shape index (κ2) is 5.95. The zero-order valence-electron chi connectivity index (χ0n) is 12.3. The van der Waals surface area contributed by atoms with Gasteiger partial charge in [-0.3, -0.25) is 5.32 Å². The van der Waals surface area contributed by atoms with Crippen molar-refractivity contribution in [3.63, 3.8) is 0 Å². The molecule has 1 aromatic rings. The Kier molecular flexibility index (Phi) is 4.81. The van der Waals surface area contributed by atoms with Crippen molar-refractivity contribution >= 4 is 11.8 Å². The van der Waals surface area contributed by atoms with Crippen LogP contribution in [0.15, 0.2) is 18.2 Å². The lowest BCUT2D eigenvalue weighted by atomic mass is 9.97. The standard InChI is InChI=1S/C15H23NO3/c1-6-10(2)12-9-11(7-8-13(12)17)16-14(18)19-15(3,4)5/h7-10,17H,6H2,1-5H3,(H,16,18). The topological polar surface area (TPSA) is 58.6 Å². The number of carbonyl (C=O) groups is 1. The molecule has 0 aromatic heterocycles. The number of aromatic hydroxyl groups is 1. The van der Waals surface area contributed by atoms with Crippen molar-refractivity contribution in [2.45, 2.75) is 52.6 Å². The molecule has 0 aliphatic rings. The Morgan fingerprint density at radius 1 is 1.42 bits per heavy atom. The van der Waals surface area contributed by atoms with Gasteiger partial charge in [0, 0.05) is 5.69 Å². The molecule has 1 rings (SSSR count). The third-order valence-electron chi connectivity index (χ3n) is 2.82. The first kappa shape index (κ1) is 15.3. The van der Waals surface area contributed by atoms with E-state index in [4.69, 9.17) is 4.74 Å². The van der Waals surface area contributed by atoms with Gasteiger partial charge in [0.2, 0.25) is 0 Å². The van der Waals surface area contributed by atoms with Gasteiger partial charge in [-0.25, -0.2) is 4.79 Å². The van der Waals surface area contributed by atoms with E-state index in [1.807, 2.05) is 27.7 Å². The second-order valence-electron chi connectivity index (χ2n) is 5.71. The zero-order chi connectivity index (χ0) is 14.6. The number of hydrogen-bond donors (Lipinski definition) is 2. The van der Waals surface area contributed by atoms with Crippen molar-refractivity contribution in [3.05, 3.63) is 23.8 Å². The summed E-state index contributed by atoms with van der Waals surface area (Å²) < 4.78 is 5.19. The van der Waals surface area contributed by atoms with Crippen molar-refractivity contribution in [2.24, 2.45) is 0 Å². The highest BCUT2D eigenvalue weighted by Crippen LogP contribution is 2.30. The molecule has 106 valence electrons. The van der Waals surface area contributed by atoms with Gasteiger partial charge in [-0.15, -0.1) is 0 Å². The van der Waals surface area contributed by atoms with Gasteiger partial charge in [0.1, 0.15) is 11.4 Å². The first-order valence-corrected chi connectivity index (χ1v) is 6.56. The Balaban J connectivity index is 2.83. The molecule has 0 radical (unpaired) electrons. The van der Waals surface area contributed by atoms with Gasteiger partial charge in [0.25, 0.3) is 0 Å². The van der Waals surface area contributed by atoms with Gasteiger partial charge in [-0.2, -0.15) is 0 Å². The summed E-state index contributed by atoms with van der Waals surface area (Å²) in [6.07, 6.45) is 0.428. The first-order chi connectivity index (χ1) is 8.73. The Labute approximate surface area is 114 Å². The van der Waals surface area contributed by atoms with Crippen LogP contribution in [-0.4, -0.2) is 16.8 Å². The number of amides is 1. The van der Waals surface area contributed by atoms with E-state index in [2.05, 4.69) is 12.2 Å². The number of phenolic OH excluding ortho intramolecular Hbond substituents is 1. The van der Waals surface area contributed by atoms with E-state index in [9.17, 15) is 9.90 Å². The number of ether oxygens (including phenoxy) is 1. The lowest BCUT2D eigenvalue weighted by Gasteiger charge is -2.20. The van der Waals surface area contributed by atoms with Gasteiger partial charge in [-0.1, -0.05) is 13.8 Å². The minimum atomic E-state index is -0.527. The molecule has 0 heterocycles. The quantitative estimate of drug-likeness (QED) is 0.803. The number of phenols is 1. The summed E-state index contributed by atoms with van der Waals surface area (Å²) in [5, 5.41) is 12.5. The fourth-order valence-electron chi connectivity index (χ4n) is 1.67. The first-order valence-electron chi connectivity index (χ1n) is 6.56. The van der Waals surface area contributed by atoms with Crippen LogP contribution in [0.5, 0.6) is 5.75 Å². The maximum atomic E-state index is 11.7. The highest BCUT2D eigenvalue weighted by atomic mass is 16.6. The van der Waals surface area contributed by atoms with Crippen molar-refractivity contribution in [2.75, 3.05) is 5.32 Å². The molecule has 0 saturated carbocycles. The molecule has 0 bridgehead atoms. The van der Waals surface area contributed by atoms with Crippen molar-refractivity contribution in [3.8, 4) is 5.75 Å². The monoisotopic (exact) mass is 265 g/mol. The molecule has 1 amide bonds. The fourth-order valence-corrected chi connectivity index (χ4v) is 1.67. The highest BCUT2D eigenvalue weighted by molar-refractivity contribution is 5.85. The van der Waals surface area contributed by atoms with E-state index < -0.39 is 11.7 Å². The van der Waals surface area contributed by atoms with Gasteiger partial charge >= 0.3 is 6.09 Å². The predicted octanol–water partition coefficient (Wildman–Crippen LogP) is 4.25. The van der Waals surface area contributed by atoms with Crippen LogP contribution in [0, 0.1) is 0 Å². The summed E-state index contributed by atoms with van der Waals surface area (Å²) in [7, 11) is 0. The molecule has 19 heavy (non-hydrogen) atoms. The summed E-state index contributed by atoms with van der Waals surface area (Å²) in [5.74, 6) is 0.490. The Morgan fingerprint density at radius 2 is 2.05 bits per heavy atom. The second-order valence-corrected chi connectivity index (χ2v) is 5.71. The van der Waals surface area contributed by atoms with Crippen LogP contribution in [0.3, 0.4) is 0 Å². The molecule has 4 nitrogen and oxygen atoms in total. The Hall–Kier alpha value is -1.71. The third-order valence-corrected chi connectivity index (χ3v) is 2.82. The summed E-state index contributed by atoms with van der Waals surface area (Å²) in [5.41, 5.74) is 0.930. The van der Waals surface area contributed by atoms with Crippen LogP contribution < -0.4 is 5.32 Å². The molecule has 0 aliphatic heterocycles. The Morgan fingerprint density at radius 3 is 2.58 bits per heavy atom. The minimum Gasteiger partial charge on any atom is -0.508 e. The molecule has 0 fully saturated rings. The molecule has 1 unspecified atom stereocenters. The number of carbonyl (C=O) groups excluding carboxylic acids is 1. The number of benzene rings is 1. The molecule has 1 aromatic carbocycles. The largest absolute Gasteiger partial charge is 0.508 e.